The van der Waals surface area contributed by atoms with Gasteiger partial charge in [-0.25, -0.2) is 0 Å². The van der Waals surface area contributed by atoms with E-state index < -0.39 is 17.7 Å². The van der Waals surface area contributed by atoms with E-state index in [1.165, 1.54) is 9.12 Å². The molecule has 0 aromatic carbocycles. The number of halogens is 4. The van der Waals surface area contributed by atoms with Gasteiger partial charge in [0.05, 0.1) is 0 Å². The zero-order valence-corrected chi connectivity index (χ0v) is 15.6. The Hall–Kier alpha value is -0.380. The second-order valence-corrected chi connectivity index (χ2v) is 6.65. The number of hydrogen-bond donors (Lipinski definition) is 0. The Kier molecular flexibility index (Phi) is 7.10. The molecule has 0 saturated carbocycles. The summed E-state index contributed by atoms with van der Waals surface area (Å²) in [6, 6.07) is 1.93. The highest BCUT2D eigenvalue weighted by molar-refractivity contribution is 14.2. The van der Waals surface area contributed by atoms with Crippen LogP contribution in [0.1, 0.15) is 38.4 Å². The standard InChI is InChI=1S/C12H13F3INO2S.C2H6/c1-11(19-7-18,12(13,14)15)9-3-2-8-4-5-17(20-16)10(8)6-9;1-2/h4-5,7,9H,2-3,6H2,1H3;1-2H3. The van der Waals surface area contributed by atoms with E-state index in [1.807, 2.05) is 30.1 Å². The van der Waals surface area contributed by atoms with E-state index >= 15 is 0 Å². The predicted octanol–water partition coefficient (Wildman–Crippen LogP) is 4.96. The summed E-state index contributed by atoms with van der Waals surface area (Å²) in [4.78, 5) is 10.5. The molecule has 8 heteroatoms. The minimum atomic E-state index is -4.58. The van der Waals surface area contributed by atoms with Crippen molar-refractivity contribution in [2.75, 3.05) is 0 Å². The fourth-order valence-corrected chi connectivity index (χ4v) is 4.12. The number of alkyl halides is 3. The molecule has 1 heterocycles. The lowest BCUT2D eigenvalue weighted by molar-refractivity contribution is -0.277. The van der Waals surface area contributed by atoms with Crippen LogP contribution in [0, 0.1) is 5.92 Å². The molecular formula is C14H19F3INO2S. The predicted molar refractivity (Wildman–Crippen MR) is 89.9 cm³/mol. The van der Waals surface area contributed by atoms with Crippen molar-refractivity contribution in [2.45, 2.75) is 51.8 Å². The number of nitrogens with zero attached hydrogens (tertiary/aromatic N) is 1. The number of aromatic nitrogens is 1. The lowest BCUT2D eigenvalue weighted by Gasteiger charge is -2.39. The SMILES string of the molecule is CC.CC(OC=O)(C1CCc2ccn(SI)c2C1)C(F)(F)F. The van der Waals surface area contributed by atoms with Gasteiger partial charge in [0.15, 0.2) is 0 Å². The highest BCUT2D eigenvalue weighted by Crippen LogP contribution is 2.45. The molecule has 0 fully saturated rings. The zero-order valence-electron chi connectivity index (χ0n) is 12.6. The fraction of sp³-hybridized carbons (Fsp3) is 0.643. The number of ether oxygens (including phenoxy) is 1. The smallest absolute Gasteiger partial charge is 0.428 e. The molecule has 0 amide bonds. The molecule has 22 heavy (non-hydrogen) atoms. The highest BCUT2D eigenvalue weighted by Gasteiger charge is 2.58. The maximum Gasteiger partial charge on any atom is 0.428 e. The molecule has 0 N–H and O–H groups in total. The third-order valence-corrected chi connectivity index (χ3v) is 5.72. The van der Waals surface area contributed by atoms with Gasteiger partial charge in [-0.2, -0.15) is 13.2 Å². The van der Waals surface area contributed by atoms with Gasteiger partial charge in [0, 0.05) is 48.1 Å². The Labute approximate surface area is 144 Å². The summed E-state index contributed by atoms with van der Waals surface area (Å²) in [7, 11) is 1.42. The molecule has 126 valence electrons. The van der Waals surface area contributed by atoms with Gasteiger partial charge in [-0.05, 0) is 37.8 Å². The van der Waals surface area contributed by atoms with Crippen molar-refractivity contribution in [3.05, 3.63) is 23.5 Å². The van der Waals surface area contributed by atoms with Crippen molar-refractivity contribution < 1.29 is 22.7 Å². The van der Waals surface area contributed by atoms with E-state index in [1.54, 1.807) is 0 Å². The second-order valence-electron chi connectivity index (χ2n) is 4.94. The van der Waals surface area contributed by atoms with E-state index in [2.05, 4.69) is 25.9 Å². The Morgan fingerprint density at radius 2 is 2.09 bits per heavy atom. The Balaban J connectivity index is 0.00000116. The van der Waals surface area contributed by atoms with E-state index in [9.17, 15) is 18.0 Å². The Bertz CT molecular complexity index is 493. The van der Waals surface area contributed by atoms with Crippen molar-refractivity contribution in [1.82, 2.24) is 3.97 Å². The molecule has 1 aliphatic rings. The quantitative estimate of drug-likeness (QED) is 0.481. The lowest BCUT2D eigenvalue weighted by Crippen LogP contribution is -2.52. The van der Waals surface area contributed by atoms with Crippen LogP contribution in [0.3, 0.4) is 0 Å². The molecule has 3 nitrogen and oxygen atoms in total. The van der Waals surface area contributed by atoms with Crippen LogP contribution in [0.15, 0.2) is 12.3 Å². The molecule has 0 spiro atoms. The maximum absolute atomic E-state index is 13.3. The number of rotatable bonds is 4. The first kappa shape index (κ1) is 19.7. The van der Waals surface area contributed by atoms with Gasteiger partial charge in [-0.3, -0.25) is 8.77 Å². The van der Waals surface area contributed by atoms with Crippen LogP contribution in [0.2, 0.25) is 0 Å². The number of aryl methyl sites for hydroxylation is 1. The van der Waals surface area contributed by atoms with Crippen molar-refractivity contribution in [3.63, 3.8) is 0 Å². The normalized spacial score (nSPS) is 20.2. The average Bonchev–Trinajstić information content (AvgIpc) is 2.90. The van der Waals surface area contributed by atoms with Crippen LogP contribution in [0.4, 0.5) is 13.2 Å². The molecule has 2 rings (SSSR count). The number of carbonyl (C=O) groups excluding carboxylic acids is 1. The van der Waals surface area contributed by atoms with Gasteiger partial charge in [-0.1, -0.05) is 13.8 Å². The molecule has 0 aliphatic heterocycles. The second kappa shape index (κ2) is 7.94. The third kappa shape index (κ3) is 3.74. The summed E-state index contributed by atoms with van der Waals surface area (Å²) in [6.07, 6.45) is -1.55. The van der Waals surface area contributed by atoms with Gasteiger partial charge in [-0.15, -0.1) is 0 Å². The molecule has 0 saturated heterocycles. The first-order valence-corrected chi connectivity index (χ1v) is 10.3. The Morgan fingerprint density at radius 3 is 2.59 bits per heavy atom. The van der Waals surface area contributed by atoms with E-state index in [0.717, 1.165) is 18.2 Å². The molecule has 1 aromatic heterocycles. The largest absolute Gasteiger partial charge is 0.452 e. The summed E-state index contributed by atoms with van der Waals surface area (Å²) in [5.41, 5.74) is -0.482. The van der Waals surface area contributed by atoms with Crippen LogP contribution in [0.5, 0.6) is 0 Å². The highest BCUT2D eigenvalue weighted by atomic mass is 127. The van der Waals surface area contributed by atoms with Crippen LogP contribution < -0.4 is 0 Å². The molecule has 0 radical (unpaired) electrons. The van der Waals surface area contributed by atoms with Crippen LogP contribution in [0.25, 0.3) is 0 Å². The van der Waals surface area contributed by atoms with Crippen molar-refractivity contribution in [2.24, 2.45) is 5.92 Å². The summed E-state index contributed by atoms with van der Waals surface area (Å²) < 4.78 is 46.1. The monoisotopic (exact) mass is 449 g/mol. The number of carbonyl (C=O) groups is 1. The molecule has 2 unspecified atom stereocenters. The van der Waals surface area contributed by atoms with Gasteiger partial charge in [0.2, 0.25) is 5.60 Å². The third-order valence-electron chi connectivity index (χ3n) is 3.96. The molecule has 1 aromatic rings. The van der Waals surface area contributed by atoms with E-state index in [-0.39, 0.29) is 12.9 Å². The lowest BCUT2D eigenvalue weighted by atomic mass is 9.77. The minimum absolute atomic E-state index is 0.102. The van der Waals surface area contributed by atoms with Crippen LogP contribution in [-0.4, -0.2) is 22.2 Å². The summed E-state index contributed by atoms with van der Waals surface area (Å²) in [5, 5.41) is 0. The fourth-order valence-electron chi connectivity index (χ4n) is 2.63. The maximum atomic E-state index is 13.3. The Morgan fingerprint density at radius 1 is 1.45 bits per heavy atom. The summed E-state index contributed by atoms with van der Waals surface area (Å²) in [6.45, 7) is 4.86. The van der Waals surface area contributed by atoms with Gasteiger partial charge in [0.25, 0.3) is 6.47 Å². The minimum Gasteiger partial charge on any atom is -0.452 e. The molecule has 0 bridgehead atoms. The first-order chi connectivity index (χ1) is 10.3. The topological polar surface area (TPSA) is 31.2 Å². The van der Waals surface area contributed by atoms with Gasteiger partial charge >= 0.3 is 6.18 Å². The first-order valence-electron chi connectivity index (χ1n) is 7.00. The van der Waals surface area contributed by atoms with Crippen molar-refractivity contribution in [3.8, 4) is 0 Å². The van der Waals surface area contributed by atoms with Crippen LogP contribution in [-0.2, 0) is 22.4 Å². The number of fused-ring (bicyclic) bond motifs is 1. The van der Waals surface area contributed by atoms with Crippen molar-refractivity contribution in [1.29, 1.82) is 0 Å². The average molecular weight is 449 g/mol. The van der Waals surface area contributed by atoms with E-state index in [0.29, 0.717) is 12.8 Å². The summed E-state index contributed by atoms with van der Waals surface area (Å²) >= 11 is 2.09. The van der Waals surface area contributed by atoms with Crippen molar-refractivity contribution >= 4 is 36.8 Å². The molecule has 1 aliphatic carbocycles. The van der Waals surface area contributed by atoms with Crippen LogP contribution >= 0.6 is 30.3 Å². The van der Waals surface area contributed by atoms with Gasteiger partial charge in [0.1, 0.15) is 0 Å². The number of hydrogen-bond acceptors (Lipinski definition) is 3. The molecule has 2 atom stereocenters. The van der Waals surface area contributed by atoms with E-state index in [4.69, 9.17) is 0 Å². The molecular weight excluding hydrogens is 430 g/mol. The van der Waals surface area contributed by atoms with Gasteiger partial charge < -0.3 is 4.74 Å². The summed E-state index contributed by atoms with van der Waals surface area (Å²) in [5.74, 6) is -0.766. The zero-order chi connectivity index (χ0) is 17.0.